The van der Waals surface area contributed by atoms with Crippen molar-refractivity contribution in [3.8, 4) is 0 Å². The Labute approximate surface area is 248 Å². The van der Waals surface area contributed by atoms with Gasteiger partial charge in [0.15, 0.2) is 9.04 Å². The van der Waals surface area contributed by atoms with E-state index in [2.05, 4.69) is 27.4 Å². The van der Waals surface area contributed by atoms with E-state index in [4.69, 9.17) is 9.16 Å². The molecule has 3 atom stereocenters. The molecule has 3 amide bonds. The van der Waals surface area contributed by atoms with Crippen molar-refractivity contribution in [1.29, 1.82) is 0 Å². The molecule has 2 heterocycles. The van der Waals surface area contributed by atoms with Gasteiger partial charge in [-0.3, -0.25) is 29.5 Å². The van der Waals surface area contributed by atoms with Crippen LogP contribution < -0.4 is 0 Å². The molecule has 2 aromatic rings. The summed E-state index contributed by atoms with van der Waals surface area (Å²) in [5.74, 6) is -0.968. The molecule has 0 bridgehead atoms. The number of non-ortho nitro benzene ring substituents is 1. The Kier molecular flexibility index (Phi) is 9.03. The van der Waals surface area contributed by atoms with Crippen molar-refractivity contribution in [3.63, 3.8) is 0 Å². The van der Waals surface area contributed by atoms with Gasteiger partial charge in [0.2, 0.25) is 0 Å². The van der Waals surface area contributed by atoms with Crippen molar-refractivity contribution in [3.05, 3.63) is 88.0 Å². The Balaban J connectivity index is 1.60. The van der Waals surface area contributed by atoms with Crippen LogP contribution in [0.2, 0.25) is 13.1 Å². The molecule has 0 saturated carbocycles. The number of nitrogens with zero attached hydrogens (tertiary/aromatic N) is 3. The predicted octanol–water partition coefficient (Wildman–Crippen LogP) is 5.78. The molecule has 0 radical (unpaired) electrons. The number of nitro benzene ring substituents is 1. The third-order valence-corrected chi connectivity index (χ3v) is 9.08. The van der Waals surface area contributed by atoms with Gasteiger partial charge < -0.3 is 9.16 Å². The van der Waals surface area contributed by atoms with Gasteiger partial charge in [0, 0.05) is 37.6 Å². The lowest BCUT2D eigenvalue weighted by Crippen LogP contribution is -2.56. The zero-order valence-corrected chi connectivity index (χ0v) is 26.0. The number of imide groups is 1. The number of hydrogen-bond donors (Lipinski definition) is 0. The Morgan fingerprint density at radius 1 is 1.14 bits per heavy atom. The van der Waals surface area contributed by atoms with Crippen molar-refractivity contribution in [2.24, 2.45) is 17.3 Å². The normalized spacial score (nSPS) is 21.0. The molecule has 0 spiro atoms. The summed E-state index contributed by atoms with van der Waals surface area (Å²) >= 11 is 0. The summed E-state index contributed by atoms with van der Waals surface area (Å²) in [7, 11) is -1.75. The SMILES string of the molecule is C=CC(CCN1C(=O)c2ccccc2C1=O)[C@@]1(O[SiH](C)C)C[C@H](C(C)(C)C)CN1C(=O)OCc1ccc([N+](=O)[O-])cc1. The van der Waals surface area contributed by atoms with Crippen molar-refractivity contribution in [2.45, 2.75) is 59.0 Å². The van der Waals surface area contributed by atoms with E-state index in [1.807, 2.05) is 13.1 Å². The van der Waals surface area contributed by atoms with E-state index in [9.17, 15) is 24.5 Å². The van der Waals surface area contributed by atoms with Gasteiger partial charge in [-0.25, -0.2) is 4.79 Å². The summed E-state index contributed by atoms with van der Waals surface area (Å²) in [6, 6.07) is 12.7. The van der Waals surface area contributed by atoms with Crippen molar-refractivity contribution < 1.29 is 28.5 Å². The molecule has 4 rings (SSSR count). The molecule has 1 saturated heterocycles. The minimum absolute atomic E-state index is 0.0427. The first-order chi connectivity index (χ1) is 19.8. The number of carbonyl (C=O) groups is 3. The second-order valence-electron chi connectivity index (χ2n) is 12.3. The molecule has 1 unspecified atom stereocenters. The lowest BCUT2D eigenvalue weighted by atomic mass is 9.77. The van der Waals surface area contributed by atoms with Gasteiger partial charge in [-0.2, -0.15) is 0 Å². The molecule has 0 aliphatic carbocycles. The van der Waals surface area contributed by atoms with Gasteiger partial charge in [0.1, 0.15) is 12.3 Å². The number of hydrogen-bond acceptors (Lipinski definition) is 7. The Hall–Kier alpha value is -3.83. The summed E-state index contributed by atoms with van der Waals surface area (Å²) in [5, 5.41) is 11.0. The quantitative estimate of drug-likeness (QED) is 0.113. The van der Waals surface area contributed by atoms with Crippen LogP contribution in [-0.4, -0.2) is 60.5 Å². The van der Waals surface area contributed by atoms with Crippen LogP contribution in [0.25, 0.3) is 0 Å². The maximum atomic E-state index is 13.8. The lowest BCUT2D eigenvalue weighted by Gasteiger charge is -2.44. The van der Waals surface area contributed by atoms with Gasteiger partial charge in [-0.1, -0.05) is 39.0 Å². The fourth-order valence-corrected chi connectivity index (χ4v) is 7.06. The van der Waals surface area contributed by atoms with Gasteiger partial charge in [0.25, 0.3) is 17.5 Å². The number of amides is 3. The van der Waals surface area contributed by atoms with Crippen molar-refractivity contribution >= 4 is 32.6 Å². The zero-order valence-electron chi connectivity index (χ0n) is 24.9. The van der Waals surface area contributed by atoms with Gasteiger partial charge in [0.05, 0.1) is 16.1 Å². The van der Waals surface area contributed by atoms with E-state index >= 15 is 0 Å². The fourth-order valence-electron chi connectivity index (χ4n) is 5.85. The van der Waals surface area contributed by atoms with E-state index < -0.39 is 31.7 Å². The first-order valence-electron chi connectivity index (χ1n) is 14.2. The number of fused-ring (bicyclic) bond motifs is 1. The van der Waals surface area contributed by atoms with Crippen LogP contribution in [-0.2, 0) is 15.8 Å². The summed E-state index contributed by atoms with van der Waals surface area (Å²) in [4.78, 5) is 53.3. The van der Waals surface area contributed by atoms with Crippen LogP contribution in [0.4, 0.5) is 10.5 Å². The number of benzene rings is 2. The molecule has 2 aliphatic heterocycles. The maximum Gasteiger partial charge on any atom is 0.412 e. The summed E-state index contributed by atoms with van der Waals surface area (Å²) in [5.41, 5.74) is 0.154. The monoisotopic (exact) mass is 593 g/mol. The van der Waals surface area contributed by atoms with Gasteiger partial charge in [-0.15, -0.1) is 6.58 Å². The molecule has 224 valence electrons. The number of ether oxygens (including phenoxy) is 1. The smallest absolute Gasteiger partial charge is 0.412 e. The average molecular weight is 594 g/mol. The summed E-state index contributed by atoms with van der Waals surface area (Å²) in [6.07, 6.45) is 2.12. The van der Waals surface area contributed by atoms with E-state index in [1.54, 1.807) is 47.4 Å². The summed E-state index contributed by atoms with van der Waals surface area (Å²) in [6.45, 7) is 15.0. The highest BCUT2D eigenvalue weighted by atomic mass is 28.3. The topological polar surface area (TPSA) is 119 Å². The van der Waals surface area contributed by atoms with Crippen molar-refractivity contribution in [1.82, 2.24) is 9.80 Å². The third kappa shape index (κ3) is 6.17. The molecule has 0 aromatic heterocycles. The second kappa shape index (κ2) is 12.2. The Morgan fingerprint density at radius 2 is 1.74 bits per heavy atom. The first-order valence-corrected chi connectivity index (χ1v) is 17.0. The second-order valence-corrected chi connectivity index (χ2v) is 14.6. The van der Waals surface area contributed by atoms with E-state index in [1.165, 1.54) is 17.0 Å². The van der Waals surface area contributed by atoms with Crippen LogP contribution in [0.5, 0.6) is 0 Å². The lowest BCUT2D eigenvalue weighted by molar-refractivity contribution is -0.384. The summed E-state index contributed by atoms with van der Waals surface area (Å²) < 4.78 is 12.5. The van der Waals surface area contributed by atoms with Gasteiger partial charge in [-0.05, 0) is 60.7 Å². The minimum Gasteiger partial charge on any atom is -0.444 e. The molecule has 2 aromatic carbocycles. The van der Waals surface area contributed by atoms with Crippen LogP contribution in [0.1, 0.15) is 59.9 Å². The number of rotatable bonds is 10. The van der Waals surface area contributed by atoms with E-state index in [0.29, 0.717) is 36.1 Å². The molecular weight excluding hydrogens is 554 g/mol. The standard InChI is InChI=1S/C31H39N3O7Si/c1-7-22(16-17-32-27(35)25-10-8-9-11-26(25)28(32)36)31(41-42(5)6)18-23(30(2,3)4)19-33(31)29(37)40-20-21-12-14-24(15-13-21)34(38)39/h7-15,22-23,42H,1,16-20H2,2-6H3/t22?,23-,31-/m0/s1. The highest BCUT2D eigenvalue weighted by molar-refractivity contribution is 6.48. The molecule has 0 N–H and O–H groups in total. The first kappa shape index (κ1) is 31.1. The fraction of sp³-hybridized carbons (Fsp3) is 0.452. The molecular formula is C31H39N3O7Si. The number of carbonyl (C=O) groups excluding carboxylic acids is 3. The number of nitro groups is 1. The zero-order chi connectivity index (χ0) is 30.8. The average Bonchev–Trinajstić information content (AvgIpc) is 3.44. The molecule has 2 aliphatic rings. The Bertz CT molecular complexity index is 1340. The van der Waals surface area contributed by atoms with Crippen LogP contribution in [0, 0.1) is 27.4 Å². The van der Waals surface area contributed by atoms with E-state index in [-0.39, 0.29) is 42.0 Å². The molecule has 10 nitrogen and oxygen atoms in total. The number of likely N-dealkylation sites (tertiary alicyclic amines) is 1. The predicted molar refractivity (Wildman–Crippen MR) is 160 cm³/mol. The van der Waals surface area contributed by atoms with Crippen LogP contribution >= 0.6 is 0 Å². The van der Waals surface area contributed by atoms with Gasteiger partial charge >= 0.3 is 6.09 Å². The third-order valence-electron chi connectivity index (χ3n) is 8.20. The molecule has 11 heteroatoms. The maximum absolute atomic E-state index is 13.8. The van der Waals surface area contributed by atoms with Crippen LogP contribution in [0.3, 0.4) is 0 Å². The Morgan fingerprint density at radius 3 is 2.24 bits per heavy atom. The van der Waals surface area contributed by atoms with E-state index in [0.717, 1.165) is 0 Å². The van der Waals surface area contributed by atoms with Crippen molar-refractivity contribution in [2.75, 3.05) is 13.1 Å². The molecule has 42 heavy (non-hydrogen) atoms. The largest absolute Gasteiger partial charge is 0.444 e. The minimum atomic E-state index is -1.75. The van der Waals surface area contributed by atoms with Crippen LogP contribution in [0.15, 0.2) is 61.2 Å². The highest BCUT2D eigenvalue weighted by Crippen LogP contribution is 2.48. The highest BCUT2D eigenvalue weighted by Gasteiger charge is 2.56. The molecule has 1 fully saturated rings.